The van der Waals surface area contributed by atoms with E-state index < -0.39 is 11.5 Å². The van der Waals surface area contributed by atoms with Crippen LogP contribution in [0.4, 0.5) is 0 Å². The maximum absolute atomic E-state index is 12.1. The van der Waals surface area contributed by atoms with Gasteiger partial charge in [-0.2, -0.15) is 0 Å². The number of rotatable bonds is 4. The molecule has 0 bridgehead atoms. The van der Waals surface area contributed by atoms with Gasteiger partial charge < -0.3 is 16.0 Å². The van der Waals surface area contributed by atoms with Crippen molar-refractivity contribution in [3.8, 4) is 0 Å². The van der Waals surface area contributed by atoms with Crippen molar-refractivity contribution in [2.45, 2.75) is 45.1 Å². The number of carbonyl (C=O) groups is 2. The molecule has 1 heterocycles. The molecule has 102 valence electrons. The van der Waals surface area contributed by atoms with E-state index in [-0.39, 0.29) is 11.8 Å². The predicted octanol–water partition coefficient (Wildman–Crippen LogP) is 0.242. The van der Waals surface area contributed by atoms with Crippen LogP contribution < -0.4 is 11.1 Å². The summed E-state index contributed by atoms with van der Waals surface area (Å²) in [4.78, 5) is 26.1. The summed E-state index contributed by atoms with van der Waals surface area (Å²) in [6.45, 7) is 3.78. The van der Waals surface area contributed by atoms with Gasteiger partial charge in [-0.3, -0.25) is 9.59 Å². The molecule has 3 N–H and O–H groups in total. The van der Waals surface area contributed by atoms with E-state index in [1.165, 1.54) is 0 Å². The molecule has 18 heavy (non-hydrogen) atoms. The monoisotopic (exact) mass is 253 g/mol. The van der Waals surface area contributed by atoms with E-state index in [0.29, 0.717) is 6.54 Å². The van der Waals surface area contributed by atoms with Gasteiger partial charge in [0.15, 0.2) is 0 Å². The Hall–Kier alpha value is -1.10. The highest BCUT2D eigenvalue weighted by Crippen LogP contribution is 2.40. The van der Waals surface area contributed by atoms with Crippen molar-refractivity contribution in [2.24, 2.45) is 11.1 Å². The van der Waals surface area contributed by atoms with Gasteiger partial charge in [0.1, 0.15) is 6.04 Å². The zero-order valence-corrected chi connectivity index (χ0v) is 11.1. The molecule has 1 saturated carbocycles. The molecular formula is C13H23N3O2. The van der Waals surface area contributed by atoms with Gasteiger partial charge in [-0.15, -0.1) is 0 Å². The zero-order chi connectivity index (χ0) is 13.2. The molecule has 0 spiro atoms. The summed E-state index contributed by atoms with van der Waals surface area (Å²) < 4.78 is 0. The zero-order valence-electron chi connectivity index (χ0n) is 11.1. The Kier molecular flexibility index (Phi) is 3.90. The molecule has 0 aromatic heterocycles. The van der Waals surface area contributed by atoms with Crippen molar-refractivity contribution in [1.29, 1.82) is 0 Å². The number of nitrogens with two attached hydrogens (primary N) is 1. The first-order valence-electron chi connectivity index (χ1n) is 6.89. The lowest BCUT2D eigenvalue weighted by Crippen LogP contribution is -2.55. The van der Waals surface area contributed by atoms with Gasteiger partial charge >= 0.3 is 0 Å². The van der Waals surface area contributed by atoms with Crippen LogP contribution in [0.3, 0.4) is 0 Å². The number of carbonyl (C=O) groups excluding carboxylic acids is 2. The molecule has 2 rings (SSSR count). The van der Waals surface area contributed by atoms with Gasteiger partial charge in [0.25, 0.3) is 0 Å². The van der Waals surface area contributed by atoms with E-state index >= 15 is 0 Å². The van der Waals surface area contributed by atoms with Crippen molar-refractivity contribution < 1.29 is 9.59 Å². The van der Waals surface area contributed by atoms with Crippen LogP contribution in [0.25, 0.3) is 0 Å². The maximum atomic E-state index is 12.1. The van der Waals surface area contributed by atoms with Crippen LogP contribution in [-0.2, 0) is 9.59 Å². The Labute approximate surface area is 108 Å². The second-order valence-electron chi connectivity index (χ2n) is 5.57. The molecule has 0 aromatic rings. The predicted molar refractivity (Wildman–Crippen MR) is 68.8 cm³/mol. The van der Waals surface area contributed by atoms with E-state index in [1.54, 1.807) is 6.92 Å². The number of nitrogens with zero attached hydrogens (tertiary/aromatic N) is 1. The Morgan fingerprint density at radius 2 is 1.89 bits per heavy atom. The normalized spacial score (nSPS) is 23.3. The van der Waals surface area contributed by atoms with Crippen LogP contribution in [0.15, 0.2) is 0 Å². The highest BCUT2D eigenvalue weighted by Gasteiger charge is 2.43. The summed E-state index contributed by atoms with van der Waals surface area (Å²) in [6.07, 6.45) is 4.89. The Morgan fingerprint density at radius 3 is 2.33 bits per heavy atom. The summed E-state index contributed by atoms with van der Waals surface area (Å²) in [7, 11) is 0. The number of amides is 2. The van der Waals surface area contributed by atoms with Gasteiger partial charge in [-0.25, -0.2) is 0 Å². The molecule has 1 unspecified atom stereocenters. The van der Waals surface area contributed by atoms with Crippen LogP contribution in [0.5, 0.6) is 0 Å². The molecule has 2 aliphatic rings. The largest absolute Gasteiger partial charge is 0.344 e. The van der Waals surface area contributed by atoms with Crippen molar-refractivity contribution in [2.75, 3.05) is 19.6 Å². The summed E-state index contributed by atoms with van der Waals surface area (Å²) in [6, 6.07) is -0.431. The number of likely N-dealkylation sites (tertiary alicyclic amines) is 1. The standard InChI is InChI=1S/C13H23N3O2/c1-10(11(17)16-7-2-3-8-16)15-12(18)13(9-14)5-4-6-13/h10H,2-9,14H2,1H3,(H,15,18). The van der Waals surface area contributed by atoms with E-state index in [4.69, 9.17) is 5.73 Å². The quantitative estimate of drug-likeness (QED) is 0.753. The molecule has 1 atom stereocenters. The molecule has 5 heteroatoms. The van der Waals surface area contributed by atoms with Crippen molar-refractivity contribution >= 4 is 11.8 Å². The van der Waals surface area contributed by atoms with Crippen molar-refractivity contribution in [3.05, 3.63) is 0 Å². The minimum atomic E-state index is -0.431. The molecule has 5 nitrogen and oxygen atoms in total. The number of nitrogens with one attached hydrogen (secondary N) is 1. The lowest BCUT2D eigenvalue weighted by atomic mass is 9.68. The second-order valence-corrected chi connectivity index (χ2v) is 5.57. The smallest absolute Gasteiger partial charge is 0.244 e. The summed E-state index contributed by atoms with van der Waals surface area (Å²) in [5, 5.41) is 2.84. The minimum absolute atomic E-state index is 0.0346. The van der Waals surface area contributed by atoms with Gasteiger partial charge in [0, 0.05) is 19.6 Å². The third-order valence-corrected chi connectivity index (χ3v) is 4.32. The second kappa shape index (κ2) is 5.26. The van der Waals surface area contributed by atoms with Crippen LogP contribution in [0.1, 0.15) is 39.0 Å². The third-order valence-electron chi connectivity index (χ3n) is 4.32. The number of hydrogen-bond donors (Lipinski definition) is 2. The molecular weight excluding hydrogens is 230 g/mol. The van der Waals surface area contributed by atoms with Crippen molar-refractivity contribution in [3.63, 3.8) is 0 Å². The van der Waals surface area contributed by atoms with Crippen LogP contribution >= 0.6 is 0 Å². The average molecular weight is 253 g/mol. The summed E-state index contributed by atoms with van der Waals surface area (Å²) in [5.74, 6) is -0.0105. The highest BCUT2D eigenvalue weighted by atomic mass is 16.2. The average Bonchev–Trinajstić information content (AvgIpc) is 2.80. The van der Waals surface area contributed by atoms with E-state index in [2.05, 4.69) is 5.32 Å². The van der Waals surface area contributed by atoms with Crippen LogP contribution in [0.2, 0.25) is 0 Å². The summed E-state index contributed by atoms with van der Waals surface area (Å²) in [5.41, 5.74) is 5.28. The lowest BCUT2D eigenvalue weighted by molar-refractivity contribution is -0.141. The first-order valence-corrected chi connectivity index (χ1v) is 6.89. The van der Waals surface area contributed by atoms with Gasteiger partial charge in [-0.1, -0.05) is 6.42 Å². The van der Waals surface area contributed by atoms with Crippen molar-refractivity contribution in [1.82, 2.24) is 10.2 Å². The first kappa shape index (κ1) is 13.3. The van der Waals surface area contributed by atoms with Crippen LogP contribution in [0, 0.1) is 5.41 Å². The Morgan fingerprint density at radius 1 is 1.28 bits per heavy atom. The van der Waals surface area contributed by atoms with E-state index in [0.717, 1.165) is 45.2 Å². The van der Waals surface area contributed by atoms with Gasteiger partial charge in [0.05, 0.1) is 5.41 Å². The molecule has 1 aliphatic heterocycles. The molecule has 1 aliphatic carbocycles. The van der Waals surface area contributed by atoms with Gasteiger partial charge in [-0.05, 0) is 32.6 Å². The molecule has 0 radical (unpaired) electrons. The van der Waals surface area contributed by atoms with Gasteiger partial charge in [0.2, 0.25) is 11.8 Å². The lowest BCUT2D eigenvalue weighted by Gasteiger charge is -2.39. The molecule has 2 amide bonds. The fraction of sp³-hybridized carbons (Fsp3) is 0.846. The fourth-order valence-electron chi connectivity index (χ4n) is 2.75. The molecule has 2 fully saturated rings. The third kappa shape index (κ3) is 2.36. The molecule has 0 aromatic carbocycles. The van der Waals surface area contributed by atoms with E-state index in [9.17, 15) is 9.59 Å². The summed E-state index contributed by atoms with van der Waals surface area (Å²) >= 11 is 0. The Bertz CT molecular complexity index is 328. The minimum Gasteiger partial charge on any atom is -0.344 e. The maximum Gasteiger partial charge on any atom is 0.244 e. The first-order chi connectivity index (χ1) is 8.59. The molecule has 1 saturated heterocycles. The fourth-order valence-corrected chi connectivity index (χ4v) is 2.75. The van der Waals surface area contributed by atoms with E-state index in [1.807, 2.05) is 4.90 Å². The highest BCUT2D eigenvalue weighted by molar-refractivity contribution is 5.90. The number of hydrogen-bond acceptors (Lipinski definition) is 3. The van der Waals surface area contributed by atoms with Crippen LogP contribution in [-0.4, -0.2) is 42.4 Å². The topological polar surface area (TPSA) is 75.4 Å². The SMILES string of the molecule is CC(NC(=O)C1(CN)CCC1)C(=O)N1CCCC1. The Balaban J connectivity index is 1.88.